The van der Waals surface area contributed by atoms with Crippen LogP contribution in [-0.2, 0) is 46.2 Å². The average molecular weight is 1730 g/mol. The average Bonchev–Trinajstić information content (AvgIpc) is 1.59. The van der Waals surface area contributed by atoms with E-state index in [-0.39, 0.29) is 29.7 Å². The molecule has 9 unspecified atom stereocenters. The first-order valence-corrected chi connectivity index (χ1v) is 46.4. The number of carboxylic acid groups (broad SMARTS) is 1. The highest BCUT2D eigenvalue weighted by atomic mass is 32.1. The minimum absolute atomic E-state index is 0.0377. The van der Waals surface area contributed by atoms with E-state index in [0.29, 0.717) is 82.5 Å². The Hall–Kier alpha value is -8.64. The zero-order chi connectivity index (χ0) is 88.6. The fraction of sp³-hybridized carbons (Fsp3) is 0.596. The molecule has 6 aliphatic rings. The first-order chi connectivity index (χ1) is 57.6. The van der Waals surface area contributed by atoms with Crippen LogP contribution in [0.5, 0.6) is 0 Å². The van der Waals surface area contributed by atoms with E-state index in [2.05, 4.69) is 165 Å². The fourth-order valence-electron chi connectivity index (χ4n) is 17.6. The van der Waals surface area contributed by atoms with Gasteiger partial charge in [-0.25, -0.2) is 39.1 Å². The SMILES string of the molecule is CC1CN(C)CCC1c1nc2cc(C3CC[C@H](C)CN3)ccc2s1.CC1CN(C)CCC1c1nc2cc(C3CC[C@H](C)CN3C(=O)OC(C)(C)C)ccc2s1.CCc1cc(NC(=O)C(=O)N2C[C@@H](C)CCC2c2ccc3sc(C4CCN(C)CC4C)nc3c2)cnc1C.CCc1cc(NC(=O)C(=O)O)cnc1N(C(=O)OC(C)(C)C)C(=O)OC(C)(C)C. The molecule has 6 fully saturated rings. The van der Waals surface area contributed by atoms with Gasteiger partial charge >= 0.3 is 42.0 Å². The van der Waals surface area contributed by atoms with Gasteiger partial charge in [-0.05, 0) is 299 Å². The Morgan fingerprint density at radius 1 is 0.492 bits per heavy atom. The van der Waals surface area contributed by atoms with Crippen LogP contribution in [0.3, 0.4) is 0 Å². The van der Waals surface area contributed by atoms with Crippen molar-refractivity contribution >= 4 is 124 Å². The van der Waals surface area contributed by atoms with E-state index in [1.165, 1.54) is 90.6 Å². The van der Waals surface area contributed by atoms with E-state index in [1.54, 1.807) is 70.9 Å². The third-order valence-electron chi connectivity index (χ3n) is 24.1. The second kappa shape index (κ2) is 40.6. The van der Waals surface area contributed by atoms with Gasteiger partial charge in [-0.3, -0.25) is 19.4 Å². The summed E-state index contributed by atoms with van der Waals surface area (Å²) in [5.74, 6) is 1.20. The summed E-state index contributed by atoms with van der Waals surface area (Å²) in [6, 6.07) is 23.7. The van der Waals surface area contributed by atoms with Crippen molar-refractivity contribution in [2.75, 3.05) is 95.6 Å². The first kappa shape index (κ1) is 94.0. The Kier molecular flexibility index (Phi) is 31.3. The number of aryl methyl sites for hydroxylation is 3. The first-order valence-electron chi connectivity index (χ1n) is 43.9. The maximum atomic E-state index is 13.5. The van der Waals surface area contributed by atoms with Gasteiger partial charge in [0.25, 0.3) is 0 Å². The number of amides is 6. The lowest BCUT2D eigenvalue weighted by Gasteiger charge is -2.39. The van der Waals surface area contributed by atoms with Crippen LogP contribution >= 0.6 is 34.0 Å². The number of aliphatic carboxylic acids is 1. The Balaban J connectivity index is 0.000000161. The normalized spacial score (nSPS) is 23.8. The number of ether oxygens (including phenoxy) is 3. The van der Waals surface area contributed by atoms with E-state index >= 15 is 0 Å². The van der Waals surface area contributed by atoms with Gasteiger partial charge in [-0.15, -0.1) is 34.0 Å². The number of pyridine rings is 2. The highest BCUT2D eigenvalue weighted by Gasteiger charge is 2.40. The summed E-state index contributed by atoms with van der Waals surface area (Å²) in [7, 11) is 6.63. The number of hydrogen-bond donors (Lipinski definition) is 4. The van der Waals surface area contributed by atoms with Crippen LogP contribution in [0.2, 0.25) is 0 Å². The summed E-state index contributed by atoms with van der Waals surface area (Å²) in [4.78, 5) is 122. The predicted octanol–water partition coefficient (Wildman–Crippen LogP) is 19.4. The number of anilines is 3. The molecule has 25 nitrogen and oxygen atoms in total. The quantitative estimate of drug-likeness (QED) is 0.0691. The van der Waals surface area contributed by atoms with Crippen LogP contribution in [0.15, 0.2) is 79.1 Å². The lowest BCUT2D eigenvalue weighted by atomic mass is 9.87. The van der Waals surface area contributed by atoms with E-state index in [9.17, 15) is 33.6 Å². The van der Waals surface area contributed by atoms with Gasteiger partial charge in [0.15, 0.2) is 5.82 Å². The zero-order valence-electron chi connectivity index (χ0n) is 75.7. The minimum atomic E-state index is -1.66. The number of likely N-dealkylation sites (tertiary alicyclic amines) is 5. The third-order valence-corrected chi connectivity index (χ3v) is 27.6. The monoisotopic (exact) mass is 1730 g/mol. The second-order valence-corrected chi connectivity index (χ2v) is 41.5. The molecule has 8 aromatic rings. The predicted molar refractivity (Wildman–Crippen MR) is 489 cm³/mol. The van der Waals surface area contributed by atoms with E-state index in [1.807, 2.05) is 61.3 Å². The largest absolute Gasteiger partial charge is 0.474 e. The smallest absolute Gasteiger partial charge is 0.425 e. The number of nitrogens with one attached hydrogen (secondary N) is 3. The number of aromatic nitrogens is 5. The van der Waals surface area contributed by atoms with Gasteiger partial charge in [0, 0.05) is 62.2 Å². The number of thiazole rings is 3. The summed E-state index contributed by atoms with van der Waals surface area (Å²) in [6.45, 7) is 44.5. The van der Waals surface area contributed by atoms with Gasteiger partial charge in [0.2, 0.25) is 0 Å². The van der Waals surface area contributed by atoms with Gasteiger partial charge in [0.05, 0.1) is 81.5 Å². The molecule has 3 aromatic carbocycles. The summed E-state index contributed by atoms with van der Waals surface area (Å²) in [5, 5.41) is 21.2. The van der Waals surface area contributed by atoms with Crippen molar-refractivity contribution in [2.24, 2.45) is 35.5 Å². The molecule has 5 aromatic heterocycles. The van der Waals surface area contributed by atoms with Crippen molar-refractivity contribution in [1.82, 2.24) is 54.7 Å². The molecule has 6 saturated heterocycles. The van der Waals surface area contributed by atoms with E-state index < -0.39 is 52.7 Å². The topological polar surface area (TPSA) is 287 Å². The van der Waals surface area contributed by atoms with Crippen LogP contribution < -0.4 is 20.9 Å². The molecule has 0 radical (unpaired) electrons. The van der Waals surface area contributed by atoms with Gasteiger partial charge in [-0.2, -0.15) is 4.90 Å². The van der Waals surface area contributed by atoms with Gasteiger partial charge < -0.3 is 59.8 Å². The molecule has 6 aliphatic heterocycles. The van der Waals surface area contributed by atoms with Crippen molar-refractivity contribution in [1.29, 1.82) is 0 Å². The number of rotatable bonds is 11. The number of hydrogen-bond acceptors (Lipinski definition) is 22. The highest BCUT2D eigenvalue weighted by Crippen LogP contribution is 2.44. The Labute approximate surface area is 733 Å². The zero-order valence-corrected chi connectivity index (χ0v) is 78.2. The van der Waals surface area contributed by atoms with Crippen LogP contribution in [0.25, 0.3) is 30.6 Å². The maximum absolute atomic E-state index is 13.5. The number of fused-ring (bicyclic) bond motifs is 3. The number of carboxylic acids is 1. The maximum Gasteiger partial charge on any atom is 0.425 e. The van der Waals surface area contributed by atoms with E-state index in [4.69, 9.17) is 34.3 Å². The summed E-state index contributed by atoms with van der Waals surface area (Å²) in [5.41, 5.74) is 7.76. The fourth-order valence-corrected chi connectivity index (χ4v) is 21.2. The molecule has 122 heavy (non-hydrogen) atoms. The molecule has 662 valence electrons. The Morgan fingerprint density at radius 3 is 1.31 bits per heavy atom. The highest BCUT2D eigenvalue weighted by molar-refractivity contribution is 7.19. The van der Waals surface area contributed by atoms with Crippen LogP contribution in [-0.4, -0.2) is 193 Å². The summed E-state index contributed by atoms with van der Waals surface area (Å²) >= 11 is 5.56. The van der Waals surface area contributed by atoms with Crippen molar-refractivity contribution < 1.29 is 52.9 Å². The Bertz CT molecular complexity index is 4970. The molecule has 12 atom stereocenters. The lowest BCUT2D eigenvalue weighted by molar-refractivity contribution is -0.147. The molecule has 0 aliphatic carbocycles. The molecule has 0 saturated carbocycles. The standard InChI is InChI=1S/C30H39N5O2S.C25H37N3O2S.C20H29N3S.C19H27N3O7/c1-6-21-13-23(15-31-20(21)4)32-28(36)30(37)35-16-18(2)7-9-26(35)22-8-10-27-25(14-22)33-29(38-27)24-11-12-34(5)17-19(24)3;1-16-7-9-21(28(14-16)24(29)30-25(3,4)5)18-8-10-22-20(13-18)26-23(31-22)19-11-12-27(6)15-17(19)2;1-13-4-6-17(21-11-13)15-5-7-19-18(10-15)22-20(24-19)16-8-9-23(3)12-14(16)2;1-8-11-9-12(21-14(23)15(24)25)10-20-13(11)22(16(26)28-18(2,3)4)17(27)29-19(5,6)7/h8,10,13-15,18-19,24,26H,6-7,9,11-12,16-17H2,1-5H3,(H,32,36);8,10,13,16-17,19,21H,7,9,11-12,14-15H2,1-6H3;5,7,10,13-14,16-17,21H,4,6,8-9,11-12H2,1-3H3;9-10H,8H2,1-7H3,(H,21,23)(H,24,25)/t18-,19?,24?,26?;16-,17?,19?,21?;13-,14?,16?,17?;/m000./s1. The molecule has 14 rings (SSSR count). The third kappa shape index (κ3) is 24.7. The molecule has 4 N–H and O–H groups in total. The number of piperidine rings is 6. The Morgan fingerprint density at radius 2 is 0.893 bits per heavy atom. The molecular weight excluding hydrogens is 1600 g/mol. The number of carbonyl (C=O) groups is 7. The van der Waals surface area contributed by atoms with Crippen molar-refractivity contribution in [3.05, 3.63) is 128 Å². The molecule has 0 bridgehead atoms. The summed E-state index contributed by atoms with van der Waals surface area (Å²) < 4.78 is 20.2. The van der Waals surface area contributed by atoms with Crippen LogP contribution in [0.1, 0.15) is 260 Å². The lowest BCUT2D eigenvalue weighted by Crippen LogP contribution is -2.46. The second-order valence-electron chi connectivity index (χ2n) is 38.3. The number of nitrogens with zero attached hydrogens (tertiary/aromatic N) is 11. The van der Waals surface area contributed by atoms with E-state index in [0.717, 1.165) is 118 Å². The molecular formula is C94H132N14O11S3. The summed E-state index contributed by atoms with van der Waals surface area (Å²) in [6.07, 6.45) is 11.8. The minimum Gasteiger partial charge on any atom is -0.474 e. The molecule has 11 heterocycles. The molecule has 28 heteroatoms. The van der Waals surface area contributed by atoms with Gasteiger partial charge in [-0.1, -0.05) is 73.6 Å². The van der Waals surface area contributed by atoms with Crippen molar-refractivity contribution in [3.63, 3.8) is 0 Å². The van der Waals surface area contributed by atoms with Crippen molar-refractivity contribution in [3.8, 4) is 0 Å². The van der Waals surface area contributed by atoms with Crippen LogP contribution in [0, 0.1) is 42.4 Å². The van der Waals surface area contributed by atoms with Crippen LogP contribution in [0.4, 0.5) is 31.6 Å². The van der Waals surface area contributed by atoms with Crippen molar-refractivity contribution in [2.45, 2.75) is 248 Å². The molecule has 6 amide bonds. The number of carbonyl (C=O) groups excluding carboxylic acids is 6. The van der Waals surface area contributed by atoms with Gasteiger partial charge in [0.1, 0.15) is 16.8 Å². The number of benzene rings is 3. The number of imide groups is 1. The molecule has 0 spiro atoms.